The average molecular weight is 393 g/mol. The molecule has 28 heavy (non-hydrogen) atoms. The van der Waals surface area contributed by atoms with Crippen molar-refractivity contribution in [1.29, 1.82) is 0 Å². The molecule has 3 aromatic heterocycles. The number of hydrogen-bond acceptors (Lipinski definition) is 7. The predicted molar refractivity (Wildman–Crippen MR) is 111 cm³/mol. The maximum absolute atomic E-state index is 13.3. The first-order valence-electron chi connectivity index (χ1n) is 8.88. The van der Waals surface area contributed by atoms with Crippen molar-refractivity contribution in [3.05, 3.63) is 63.2 Å². The molecule has 3 heterocycles. The van der Waals surface area contributed by atoms with Gasteiger partial charge in [0.2, 0.25) is 5.95 Å². The Labute approximate surface area is 165 Å². The number of methoxy groups -OCH3 is 1. The Kier molecular flexibility index (Phi) is 5.03. The van der Waals surface area contributed by atoms with Crippen molar-refractivity contribution in [2.75, 3.05) is 19.0 Å². The lowest BCUT2D eigenvalue weighted by Gasteiger charge is -2.12. The molecule has 0 fully saturated rings. The lowest BCUT2D eigenvalue weighted by Crippen LogP contribution is -2.25. The van der Waals surface area contributed by atoms with Crippen LogP contribution in [0.2, 0.25) is 0 Å². The fourth-order valence-electron chi connectivity index (χ4n) is 2.92. The van der Waals surface area contributed by atoms with Gasteiger partial charge < -0.3 is 10.1 Å². The molecule has 7 nitrogen and oxygen atoms in total. The van der Waals surface area contributed by atoms with Gasteiger partial charge in [0.15, 0.2) is 5.65 Å². The van der Waals surface area contributed by atoms with Gasteiger partial charge in [-0.3, -0.25) is 9.36 Å². The second-order valence-electron chi connectivity index (χ2n) is 6.09. The third kappa shape index (κ3) is 3.46. The number of ether oxygens (including phenoxy) is 1. The average Bonchev–Trinajstić information content (AvgIpc) is 3.24. The maximum atomic E-state index is 13.3. The number of nitrogens with one attached hydrogen (secondary N) is 1. The lowest BCUT2D eigenvalue weighted by atomic mass is 10.1. The number of benzene rings is 1. The van der Waals surface area contributed by atoms with Gasteiger partial charge in [-0.2, -0.15) is 4.98 Å². The van der Waals surface area contributed by atoms with Crippen LogP contribution in [-0.2, 0) is 6.54 Å². The molecule has 0 spiro atoms. The minimum absolute atomic E-state index is 0.188. The molecule has 0 radical (unpaired) electrons. The van der Waals surface area contributed by atoms with Crippen LogP contribution in [0.5, 0.6) is 5.75 Å². The molecule has 0 saturated carbocycles. The molecule has 4 rings (SSSR count). The minimum atomic E-state index is -0.188. The summed E-state index contributed by atoms with van der Waals surface area (Å²) in [4.78, 5) is 27.8. The van der Waals surface area contributed by atoms with E-state index in [1.54, 1.807) is 29.2 Å². The van der Waals surface area contributed by atoms with Crippen molar-refractivity contribution in [2.45, 2.75) is 13.5 Å². The molecular weight excluding hydrogens is 374 g/mol. The summed E-state index contributed by atoms with van der Waals surface area (Å²) in [6.45, 7) is 3.09. The van der Waals surface area contributed by atoms with Gasteiger partial charge in [-0.05, 0) is 42.6 Å². The highest BCUT2D eigenvalue weighted by Crippen LogP contribution is 2.21. The highest BCUT2D eigenvalue weighted by atomic mass is 32.1. The van der Waals surface area contributed by atoms with E-state index in [1.165, 1.54) is 0 Å². The van der Waals surface area contributed by atoms with Crippen LogP contribution in [0.25, 0.3) is 22.4 Å². The van der Waals surface area contributed by atoms with Gasteiger partial charge >= 0.3 is 0 Å². The molecule has 0 aliphatic rings. The molecule has 0 saturated heterocycles. The summed E-state index contributed by atoms with van der Waals surface area (Å²) in [7, 11) is 1.61. The zero-order valence-corrected chi connectivity index (χ0v) is 16.4. The molecule has 1 aromatic carbocycles. The van der Waals surface area contributed by atoms with E-state index in [-0.39, 0.29) is 5.56 Å². The third-order valence-corrected chi connectivity index (χ3v) is 5.14. The Morgan fingerprint density at radius 3 is 2.68 bits per heavy atom. The molecule has 0 amide bonds. The molecular formula is C20H19N5O2S. The van der Waals surface area contributed by atoms with E-state index in [0.29, 0.717) is 35.9 Å². The fraction of sp³-hybridized carbons (Fsp3) is 0.200. The smallest absolute Gasteiger partial charge is 0.279 e. The van der Waals surface area contributed by atoms with Gasteiger partial charge in [-0.15, -0.1) is 11.3 Å². The summed E-state index contributed by atoms with van der Waals surface area (Å²) in [5.74, 6) is 1.20. The minimum Gasteiger partial charge on any atom is -0.497 e. The van der Waals surface area contributed by atoms with Gasteiger partial charge in [0, 0.05) is 17.0 Å². The van der Waals surface area contributed by atoms with E-state index in [1.807, 2.05) is 48.7 Å². The van der Waals surface area contributed by atoms with Crippen molar-refractivity contribution in [1.82, 2.24) is 19.5 Å². The molecule has 0 bridgehead atoms. The van der Waals surface area contributed by atoms with E-state index in [0.717, 1.165) is 16.2 Å². The van der Waals surface area contributed by atoms with Gasteiger partial charge in [0.05, 0.1) is 19.9 Å². The van der Waals surface area contributed by atoms with Crippen molar-refractivity contribution in [3.63, 3.8) is 0 Å². The molecule has 0 atom stereocenters. The zero-order valence-electron chi connectivity index (χ0n) is 15.5. The Balaban J connectivity index is 1.92. The van der Waals surface area contributed by atoms with Crippen LogP contribution < -0.4 is 15.6 Å². The predicted octanol–water partition coefficient (Wildman–Crippen LogP) is 3.40. The van der Waals surface area contributed by atoms with E-state index < -0.39 is 0 Å². The highest BCUT2D eigenvalue weighted by Gasteiger charge is 2.16. The van der Waals surface area contributed by atoms with Gasteiger partial charge in [-0.25, -0.2) is 9.97 Å². The number of nitrogens with zero attached hydrogens (tertiary/aromatic N) is 4. The van der Waals surface area contributed by atoms with E-state index in [2.05, 4.69) is 20.3 Å². The van der Waals surface area contributed by atoms with E-state index >= 15 is 0 Å². The summed E-state index contributed by atoms with van der Waals surface area (Å²) in [5, 5.41) is 5.08. The van der Waals surface area contributed by atoms with Crippen molar-refractivity contribution < 1.29 is 4.74 Å². The summed E-state index contributed by atoms with van der Waals surface area (Å²) in [6.07, 6.45) is 1.65. The van der Waals surface area contributed by atoms with Crippen molar-refractivity contribution in [2.24, 2.45) is 0 Å². The van der Waals surface area contributed by atoms with E-state index in [4.69, 9.17) is 4.74 Å². The first kappa shape index (κ1) is 18.1. The Bertz CT molecular complexity index is 1150. The first-order valence-corrected chi connectivity index (χ1v) is 9.76. The van der Waals surface area contributed by atoms with Crippen molar-refractivity contribution in [3.8, 4) is 17.0 Å². The molecule has 0 aliphatic carbocycles. The number of hydrogen-bond donors (Lipinski definition) is 1. The SMILES string of the molecule is CCNc1ncc2nc(-c3ccc(OC)cc3)c(=O)n(Cc3cccs3)c2n1. The summed E-state index contributed by atoms with van der Waals surface area (Å²) >= 11 is 1.60. The topological polar surface area (TPSA) is 81.9 Å². The Hall–Kier alpha value is -3.26. The molecule has 8 heteroatoms. The molecule has 0 aliphatic heterocycles. The first-order chi connectivity index (χ1) is 13.7. The van der Waals surface area contributed by atoms with Crippen molar-refractivity contribution >= 4 is 28.4 Å². The second kappa shape index (κ2) is 7.77. The summed E-state index contributed by atoms with van der Waals surface area (Å²) in [6, 6.07) is 11.3. The van der Waals surface area contributed by atoms with E-state index in [9.17, 15) is 4.79 Å². The quantitative estimate of drug-likeness (QED) is 0.541. The molecule has 1 N–H and O–H groups in total. The standard InChI is InChI=1S/C20H19N5O2S/c1-3-21-20-22-11-16-18(24-20)25(12-15-5-4-10-28-15)19(26)17(23-16)13-6-8-14(27-2)9-7-13/h4-11H,3,12H2,1-2H3,(H,21,22,24). The van der Waals surface area contributed by atoms with Crippen LogP contribution in [0, 0.1) is 0 Å². The maximum Gasteiger partial charge on any atom is 0.279 e. The number of fused-ring (bicyclic) bond motifs is 1. The number of thiophene rings is 1. The van der Waals surface area contributed by atoms with Gasteiger partial charge in [-0.1, -0.05) is 6.07 Å². The van der Waals surface area contributed by atoms with Gasteiger partial charge in [0.1, 0.15) is 17.0 Å². The van der Waals surface area contributed by atoms with Crippen LogP contribution in [0.3, 0.4) is 0 Å². The normalized spacial score (nSPS) is 10.9. The second-order valence-corrected chi connectivity index (χ2v) is 7.12. The van der Waals surface area contributed by atoms with Crippen LogP contribution in [-0.4, -0.2) is 33.2 Å². The Morgan fingerprint density at radius 2 is 2.00 bits per heavy atom. The van der Waals surface area contributed by atoms with Gasteiger partial charge in [0.25, 0.3) is 5.56 Å². The third-order valence-electron chi connectivity index (χ3n) is 4.28. The van der Waals surface area contributed by atoms with Crippen LogP contribution in [0.4, 0.5) is 5.95 Å². The number of rotatable bonds is 6. The summed E-state index contributed by atoms with van der Waals surface area (Å²) < 4.78 is 6.87. The highest BCUT2D eigenvalue weighted by molar-refractivity contribution is 7.09. The van der Waals surface area contributed by atoms with Crippen LogP contribution in [0.15, 0.2) is 52.8 Å². The zero-order chi connectivity index (χ0) is 19.5. The largest absolute Gasteiger partial charge is 0.497 e. The van der Waals surface area contributed by atoms with Crippen LogP contribution in [0.1, 0.15) is 11.8 Å². The number of anilines is 1. The Morgan fingerprint density at radius 1 is 1.18 bits per heavy atom. The van der Waals surface area contributed by atoms with Crippen LogP contribution >= 0.6 is 11.3 Å². The summed E-state index contributed by atoms with van der Waals surface area (Å²) in [5.41, 5.74) is 1.99. The molecule has 0 unspecified atom stereocenters. The fourth-order valence-corrected chi connectivity index (χ4v) is 3.61. The monoisotopic (exact) mass is 393 g/mol. The number of aromatic nitrogens is 4. The molecule has 4 aromatic rings. The molecule has 142 valence electrons. The lowest BCUT2D eigenvalue weighted by molar-refractivity contribution is 0.415.